The van der Waals surface area contributed by atoms with Gasteiger partial charge in [0.25, 0.3) is 5.91 Å². The van der Waals surface area contributed by atoms with Crippen LogP contribution in [-0.4, -0.2) is 48.5 Å². The molecule has 1 aliphatic heterocycles. The van der Waals surface area contributed by atoms with Crippen LogP contribution in [0.15, 0.2) is 48.5 Å². The summed E-state index contributed by atoms with van der Waals surface area (Å²) in [5, 5.41) is 2.86. The molecule has 1 unspecified atom stereocenters. The maximum Gasteiger partial charge on any atom is 0.332 e. The van der Waals surface area contributed by atoms with Gasteiger partial charge in [-0.3, -0.25) is 9.59 Å². The number of imide groups is 1. The fourth-order valence-corrected chi connectivity index (χ4v) is 4.78. The van der Waals surface area contributed by atoms with Gasteiger partial charge < -0.3 is 19.7 Å². The van der Waals surface area contributed by atoms with Gasteiger partial charge in [-0.25, -0.2) is 9.69 Å². The van der Waals surface area contributed by atoms with E-state index in [1.54, 1.807) is 60.5 Å². The van der Waals surface area contributed by atoms with Gasteiger partial charge in [0.1, 0.15) is 17.5 Å². The topological polar surface area (TPSA) is 88.2 Å². The first kappa shape index (κ1) is 24.6. The van der Waals surface area contributed by atoms with Crippen molar-refractivity contribution >= 4 is 29.2 Å². The molecule has 4 amide bonds. The largest absolute Gasteiger partial charge is 0.497 e. The summed E-state index contributed by atoms with van der Waals surface area (Å²) in [6, 6.07) is 12.7. The van der Waals surface area contributed by atoms with Crippen LogP contribution < -0.4 is 19.7 Å². The highest BCUT2D eigenvalue weighted by atomic mass is 16.5. The Balaban J connectivity index is 1.51. The summed E-state index contributed by atoms with van der Waals surface area (Å²) in [6.07, 6.45) is 5.64. The van der Waals surface area contributed by atoms with Crippen LogP contribution >= 0.6 is 0 Å². The first-order valence-electron chi connectivity index (χ1n) is 12.3. The Hall–Kier alpha value is -3.55. The molecule has 35 heavy (non-hydrogen) atoms. The molecule has 2 fully saturated rings. The van der Waals surface area contributed by atoms with E-state index in [-0.39, 0.29) is 30.3 Å². The normalized spacial score (nSPS) is 18.6. The van der Waals surface area contributed by atoms with Crippen molar-refractivity contribution in [2.75, 3.05) is 23.9 Å². The number of nitrogens with zero attached hydrogens (tertiary/aromatic N) is 2. The van der Waals surface area contributed by atoms with E-state index in [9.17, 15) is 14.4 Å². The van der Waals surface area contributed by atoms with E-state index in [1.807, 2.05) is 6.92 Å². The highest BCUT2D eigenvalue weighted by molar-refractivity contribution is 6.22. The zero-order valence-corrected chi connectivity index (χ0v) is 20.4. The van der Waals surface area contributed by atoms with Crippen LogP contribution in [0.2, 0.25) is 0 Å². The summed E-state index contributed by atoms with van der Waals surface area (Å²) in [4.78, 5) is 42.8. The highest BCUT2D eigenvalue weighted by Crippen LogP contribution is 2.34. The lowest BCUT2D eigenvalue weighted by Gasteiger charge is -2.33. The fraction of sp³-hybridized carbons (Fsp3) is 0.444. The van der Waals surface area contributed by atoms with E-state index in [1.165, 1.54) is 4.90 Å². The highest BCUT2D eigenvalue weighted by Gasteiger charge is 2.49. The molecule has 2 aromatic carbocycles. The van der Waals surface area contributed by atoms with Crippen molar-refractivity contribution in [3.05, 3.63) is 48.5 Å². The molecule has 186 valence electrons. The molecule has 1 saturated carbocycles. The van der Waals surface area contributed by atoms with E-state index in [4.69, 9.17) is 9.47 Å². The molecule has 4 rings (SSSR count). The van der Waals surface area contributed by atoms with Crippen molar-refractivity contribution in [3.63, 3.8) is 0 Å². The molecule has 8 nitrogen and oxygen atoms in total. The van der Waals surface area contributed by atoms with Crippen LogP contribution in [0, 0.1) is 0 Å². The molecule has 2 aliphatic rings. The van der Waals surface area contributed by atoms with Crippen molar-refractivity contribution in [3.8, 4) is 11.5 Å². The summed E-state index contributed by atoms with van der Waals surface area (Å²) < 4.78 is 10.8. The van der Waals surface area contributed by atoms with Crippen LogP contribution in [0.1, 0.15) is 51.9 Å². The summed E-state index contributed by atoms with van der Waals surface area (Å²) in [5.41, 5.74) is 1.10. The lowest BCUT2D eigenvalue weighted by Crippen LogP contribution is -2.45. The third kappa shape index (κ3) is 5.58. The second-order valence-corrected chi connectivity index (χ2v) is 8.99. The number of ether oxygens (including phenoxy) is 2. The van der Waals surface area contributed by atoms with Crippen LogP contribution in [0.25, 0.3) is 0 Å². The first-order chi connectivity index (χ1) is 17.0. The second-order valence-electron chi connectivity index (χ2n) is 8.99. The molecule has 2 aromatic rings. The van der Waals surface area contributed by atoms with Crippen molar-refractivity contribution in [2.24, 2.45) is 0 Å². The van der Waals surface area contributed by atoms with Gasteiger partial charge in [0.15, 0.2) is 0 Å². The summed E-state index contributed by atoms with van der Waals surface area (Å²) >= 11 is 0. The SMILES string of the molecule is CCCOc1ccc(NC(=O)CC2C(=O)N(c3ccc(OC)cc3)C(=O)N2C2CCCCC2)cc1. The van der Waals surface area contributed by atoms with Gasteiger partial charge in [-0.2, -0.15) is 0 Å². The average molecular weight is 480 g/mol. The fourth-order valence-electron chi connectivity index (χ4n) is 4.78. The van der Waals surface area contributed by atoms with Gasteiger partial charge in [0, 0.05) is 11.7 Å². The molecule has 0 bridgehead atoms. The van der Waals surface area contributed by atoms with E-state index < -0.39 is 6.04 Å². The number of anilines is 2. The standard InChI is InChI=1S/C27H33N3O5/c1-3-17-35-23-13-9-19(10-14-23)28-25(31)18-24-26(32)30(21-11-15-22(34-2)16-12-21)27(33)29(24)20-7-5-4-6-8-20/h9-16,20,24H,3-8,17-18H2,1-2H3,(H,28,31). The van der Waals surface area contributed by atoms with E-state index >= 15 is 0 Å². The van der Waals surface area contributed by atoms with Crippen molar-refractivity contribution in [1.82, 2.24) is 4.90 Å². The van der Waals surface area contributed by atoms with Crippen LogP contribution in [0.4, 0.5) is 16.2 Å². The van der Waals surface area contributed by atoms with Gasteiger partial charge in [-0.1, -0.05) is 26.2 Å². The lowest BCUT2D eigenvalue weighted by molar-refractivity contribution is -0.125. The van der Waals surface area contributed by atoms with Crippen molar-refractivity contribution in [2.45, 2.75) is 64.0 Å². The summed E-state index contributed by atoms with van der Waals surface area (Å²) in [7, 11) is 1.56. The minimum atomic E-state index is -0.833. The monoisotopic (exact) mass is 479 g/mol. The van der Waals surface area contributed by atoms with Crippen LogP contribution in [0.3, 0.4) is 0 Å². The van der Waals surface area contributed by atoms with Gasteiger partial charge in [-0.15, -0.1) is 0 Å². The minimum absolute atomic E-state index is 0.0451. The van der Waals surface area contributed by atoms with Crippen LogP contribution in [-0.2, 0) is 9.59 Å². The average Bonchev–Trinajstić information content (AvgIpc) is 3.13. The minimum Gasteiger partial charge on any atom is -0.497 e. The molecule has 0 aromatic heterocycles. The maximum absolute atomic E-state index is 13.5. The number of amides is 4. The molecule has 1 N–H and O–H groups in total. The molecule has 8 heteroatoms. The van der Waals surface area contributed by atoms with Crippen LogP contribution in [0.5, 0.6) is 11.5 Å². The molecular weight excluding hydrogens is 446 g/mol. The Bertz CT molecular complexity index is 1030. The molecule has 1 aliphatic carbocycles. The molecular formula is C27H33N3O5. The molecule has 1 heterocycles. The van der Waals surface area contributed by atoms with E-state index in [0.29, 0.717) is 23.7 Å². The predicted molar refractivity (Wildman–Crippen MR) is 134 cm³/mol. The zero-order chi connectivity index (χ0) is 24.8. The quantitative estimate of drug-likeness (QED) is 0.513. The van der Waals surface area contributed by atoms with Gasteiger partial charge in [0.2, 0.25) is 5.91 Å². The van der Waals surface area contributed by atoms with E-state index in [2.05, 4.69) is 5.32 Å². The number of hydrogen-bond donors (Lipinski definition) is 1. The Morgan fingerprint density at radius 3 is 2.26 bits per heavy atom. The number of methoxy groups -OCH3 is 1. The lowest BCUT2D eigenvalue weighted by atomic mass is 9.93. The Morgan fingerprint density at radius 2 is 1.63 bits per heavy atom. The molecule has 1 saturated heterocycles. The molecule has 0 radical (unpaired) electrons. The third-order valence-corrected chi connectivity index (χ3v) is 6.54. The number of nitrogens with one attached hydrogen (secondary N) is 1. The number of rotatable bonds is 9. The van der Waals surface area contributed by atoms with Gasteiger partial charge in [0.05, 0.1) is 25.8 Å². The predicted octanol–water partition coefficient (Wildman–Crippen LogP) is 4.98. The van der Waals surface area contributed by atoms with Crippen molar-refractivity contribution < 1.29 is 23.9 Å². The number of carbonyl (C=O) groups excluding carboxylic acids is 3. The van der Waals surface area contributed by atoms with Gasteiger partial charge in [-0.05, 0) is 67.8 Å². The molecule has 1 atom stereocenters. The third-order valence-electron chi connectivity index (χ3n) is 6.54. The summed E-state index contributed by atoms with van der Waals surface area (Å²) in [5.74, 6) is 0.694. The number of carbonyl (C=O) groups is 3. The Morgan fingerprint density at radius 1 is 0.971 bits per heavy atom. The number of urea groups is 1. The first-order valence-corrected chi connectivity index (χ1v) is 12.3. The number of hydrogen-bond acceptors (Lipinski definition) is 5. The van der Waals surface area contributed by atoms with Gasteiger partial charge >= 0.3 is 6.03 Å². The van der Waals surface area contributed by atoms with E-state index in [0.717, 1.165) is 44.3 Å². The maximum atomic E-state index is 13.5. The Labute approximate surface area is 206 Å². The number of benzene rings is 2. The second kappa shape index (κ2) is 11.3. The summed E-state index contributed by atoms with van der Waals surface area (Å²) in [6.45, 7) is 2.67. The zero-order valence-electron chi connectivity index (χ0n) is 20.4. The molecule has 0 spiro atoms. The van der Waals surface area contributed by atoms with Crippen molar-refractivity contribution in [1.29, 1.82) is 0 Å². The smallest absolute Gasteiger partial charge is 0.332 e. The Kier molecular flexibility index (Phi) is 7.90.